The van der Waals surface area contributed by atoms with Crippen LogP contribution in [0, 0.1) is 23.1 Å². The van der Waals surface area contributed by atoms with E-state index < -0.39 is 11.7 Å². The van der Waals surface area contributed by atoms with Gasteiger partial charge >= 0.3 is 0 Å². The molecule has 1 aromatic carbocycles. The second-order valence-corrected chi connectivity index (χ2v) is 4.23. The number of halogens is 1. The van der Waals surface area contributed by atoms with Crippen molar-refractivity contribution in [3.63, 3.8) is 0 Å². The predicted molar refractivity (Wildman–Crippen MR) is 60.6 cm³/mol. The van der Waals surface area contributed by atoms with E-state index in [0.717, 1.165) is 19.3 Å². The third kappa shape index (κ3) is 2.44. The molecule has 1 fully saturated rings. The van der Waals surface area contributed by atoms with E-state index >= 15 is 0 Å². The molecule has 2 rings (SSSR count). The Morgan fingerprint density at radius 1 is 1.41 bits per heavy atom. The van der Waals surface area contributed by atoms with Crippen LogP contribution in [-0.2, 0) is 0 Å². The summed E-state index contributed by atoms with van der Waals surface area (Å²) in [6.07, 6.45) is 2.53. The van der Waals surface area contributed by atoms with Gasteiger partial charge in [0.25, 0.3) is 5.91 Å². The second kappa shape index (κ2) is 4.96. The highest BCUT2D eigenvalue weighted by Gasteiger charge is 2.29. The normalized spacial score (nSPS) is 23.1. The van der Waals surface area contributed by atoms with E-state index in [4.69, 9.17) is 5.26 Å². The minimum Gasteiger partial charge on any atom is -0.348 e. The standard InChI is InChI=1S/C13H13FN2O/c14-11-6-2-1-5-10(11)13(17)16-12-7-3-4-9(12)8-15/h1-2,5-6,9,12H,3-4,7H2,(H,16,17). The van der Waals surface area contributed by atoms with Gasteiger partial charge in [0.05, 0.1) is 17.6 Å². The van der Waals surface area contributed by atoms with Gasteiger partial charge in [-0.25, -0.2) is 4.39 Å². The van der Waals surface area contributed by atoms with E-state index in [2.05, 4.69) is 11.4 Å². The lowest BCUT2D eigenvalue weighted by molar-refractivity contribution is 0.0929. The maximum atomic E-state index is 13.4. The fourth-order valence-corrected chi connectivity index (χ4v) is 2.18. The van der Waals surface area contributed by atoms with Crippen molar-refractivity contribution in [2.24, 2.45) is 5.92 Å². The van der Waals surface area contributed by atoms with Gasteiger partial charge in [-0.1, -0.05) is 12.1 Å². The average Bonchev–Trinajstić information content (AvgIpc) is 2.76. The van der Waals surface area contributed by atoms with Crippen LogP contribution in [0.2, 0.25) is 0 Å². The monoisotopic (exact) mass is 232 g/mol. The fourth-order valence-electron chi connectivity index (χ4n) is 2.18. The van der Waals surface area contributed by atoms with Crippen LogP contribution in [-0.4, -0.2) is 11.9 Å². The van der Waals surface area contributed by atoms with Gasteiger partial charge in [0, 0.05) is 6.04 Å². The third-order valence-corrected chi connectivity index (χ3v) is 3.12. The lowest BCUT2D eigenvalue weighted by atomic mass is 10.1. The molecule has 1 aromatic rings. The number of rotatable bonds is 2. The van der Waals surface area contributed by atoms with E-state index in [0.29, 0.717) is 0 Å². The van der Waals surface area contributed by atoms with Crippen LogP contribution in [0.5, 0.6) is 0 Å². The van der Waals surface area contributed by atoms with Crippen molar-refractivity contribution in [3.05, 3.63) is 35.6 Å². The Morgan fingerprint density at radius 2 is 2.18 bits per heavy atom. The summed E-state index contributed by atoms with van der Waals surface area (Å²) in [6, 6.07) is 7.89. The van der Waals surface area contributed by atoms with Crippen molar-refractivity contribution in [2.45, 2.75) is 25.3 Å². The van der Waals surface area contributed by atoms with Gasteiger partial charge in [0.15, 0.2) is 0 Å². The molecule has 2 atom stereocenters. The molecule has 1 aliphatic rings. The molecule has 17 heavy (non-hydrogen) atoms. The zero-order valence-electron chi connectivity index (χ0n) is 9.32. The number of nitrogens with one attached hydrogen (secondary N) is 1. The van der Waals surface area contributed by atoms with Gasteiger partial charge < -0.3 is 5.32 Å². The molecule has 4 heteroatoms. The zero-order chi connectivity index (χ0) is 12.3. The minimum absolute atomic E-state index is 0.0380. The van der Waals surface area contributed by atoms with Crippen molar-refractivity contribution in [1.82, 2.24) is 5.32 Å². The maximum Gasteiger partial charge on any atom is 0.254 e. The Morgan fingerprint density at radius 3 is 2.88 bits per heavy atom. The molecule has 0 heterocycles. The SMILES string of the molecule is N#CC1CCCC1NC(=O)c1ccccc1F. The first-order valence-electron chi connectivity index (χ1n) is 5.67. The summed E-state index contributed by atoms with van der Waals surface area (Å²) in [5, 5.41) is 11.6. The van der Waals surface area contributed by atoms with E-state index in [-0.39, 0.29) is 17.5 Å². The lowest BCUT2D eigenvalue weighted by Crippen LogP contribution is -2.37. The van der Waals surface area contributed by atoms with Crippen LogP contribution in [0.3, 0.4) is 0 Å². The van der Waals surface area contributed by atoms with Crippen LogP contribution >= 0.6 is 0 Å². The summed E-state index contributed by atoms with van der Waals surface area (Å²) in [5.41, 5.74) is 0.0380. The van der Waals surface area contributed by atoms with Gasteiger partial charge in [-0.2, -0.15) is 5.26 Å². The highest BCUT2D eigenvalue weighted by molar-refractivity contribution is 5.94. The topological polar surface area (TPSA) is 52.9 Å². The molecular formula is C13H13FN2O. The van der Waals surface area contributed by atoms with Crippen LogP contribution in [0.1, 0.15) is 29.6 Å². The van der Waals surface area contributed by atoms with Crippen molar-refractivity contribution in [2.75, 3.05) is 0 Å². The first kappa shape index (κ1) is 11.6. The number of carbonyl (C=O) groups is 1. The number of hydrogen-bond acceptors (Lipinski definition) is 2. The number of hydrogen-bond donors (Lipinski definition) is 1. The first-order valence-corrected chi connectivity index (χ1v) is 5.67. The molecule has 0 aliphatic heterocycles. The molecule has 88 valence electrons. The second-order valence-electron chi connectivity index (χ2n) is 4.23. The molecular weight excluding hydrogens is 219 g/mol. The molecule has 0 saturated heterocycles. The van der Waals surface area contributed by atoms with Crippen molar-refractivity contribution >= 4 is 5.91 Å². The summed E-state index contributed by atoms with van der Waals surface area (Å²) < 4.78 is 13.4. The molecule has 3 nitrogen and oxygen atoms in total. The molecule has 0 spiro atoms. The van der Waals surface area contributed by atoms with Crippen LogP contribution < -0.4 is 5.32 Å². The predicted octanol–water partition coefficient (Wildman–Crippen LogP) is 2.25. The Balaban J connectivity index is 2.08. The Hall–Kier alpha value is -1.89. The number of amides is 1. The van der Waals surface area contributed by atoms with E-state index in [1.807, 2.05) is 0 Å². The highest BCUT2D eigenvalue weighted by Crippen LogP contribution is 2.25. The third-order valence-electron chi connectivity index (χ3n) is 3.12. The maximum absolute atomic E-state index is 13.4. The van der Waals surface area contributed by atoms with Gasteiger partial charge in [0.1, 0.15) is 5.82 Å². The van der Waals surface area contributed by atoms with Gasteiger partial charge in [-0.3, -0.25) is 4.79 Å². The molecule has 1 aliphatic carbocycles. The van der Waals surface area contributed by atoms with Crippen molar-refractivity contribution in [3.8, 4) is 6.07 Å². The van der Waals surface area contributed by atoms with Gasteiger partial charge in [-0.05, 0) is 31.4 Å². The first-order chi connectivity index (χ1) is 8.22. The van der Waals surface area contributed by atoms with E-state index in [1.165, 1.54) is 12.1 Å². The largest absolute Gasteiger partial charge is 0.348 e. The summed E-state index contributed by atoms with van der Waals surface area (Å²) >= 11 is 0. The smallest absolute Gasteiger partial charge is 0.254 e. The number of carbonyl (C=O) groups excluding carboxylic acids is 1. The minimum atomic E-state index is -0.531. The lowest BCUT2D eigenvalue weighted by Gasteiger charge is -2.15. The Bertz CT molecular complexity index is 467. The summed E-state index contributed by atoms with van der Waals surface area (Å²) in [4.78, 5) is 11.8. The Kier molecular flexibility index (Phi) is 3.38. The summed E-state index contributed by atoms with van der Waals surface area (Å²) in [6.45, 7) is 0. The quantitative estimate of drug-likeness (QED) is 0.850. The average molecular weight is 232 g/mol. The molecule has 0 radical (unpaired) electrons. The Labute approximate surface area is 99.2 Å². The number of benzene rings is 1. The fraction of sp³-hybridized carbons (Fsp3) is 0.385. The van der Waals surface area contributed by atoms with Crippen LogP contribution in [0.15, 0.2) is 24.3 Å². The van der Waals surface area contributed by atoms with E-state index in [1.54, 1.807) is 12.1 Å². The molecule has 0 aromatic heterocycles. The molecule has 1 saturated carbocycles. The van der Waals surface area contributed by atoms with Gasteiger partial charge in [-0.15, -0.1) is 0 Å². The summed E-state index contributed by atoms with van der Waals surface area (Å²) in [7, 11) is 0. The zero-order valence-corrected chi connectivity index (χ0v) is 9.32. The van der Waals surface area contributed by atoms with E-state index in [9.17, 15) is 9.18 Å². The van der Waals surface area contributed by atoms with Crippen LogP contribution in [0.4, 0.5) is 4.39 Å². The molecule has 1 N–H and O–H groups in total. The molecule has 1 amide bonds. The molecule has 2 unspecified atom stereocenters. The summed E-state index contributed by atoms with van der Waals surface area (Å²) in [5.74, 6) is -1.11. The highest BCUT2D eigenvalue weighted by atomic mass is 19.1. The number of nitriles is 1. The van der Waals surface area contributed by atoms with Crippen molar-refractivity contribution < 1.29 is 9.18 Å². The van der Waals surface area contributed by atoms with Crippen molar-refractivity contribution in [1.29, 1.82) is 5.26 Å². The number of nitrogens with zero attached hydrogens (tertiary/aromatic N) is 1. The molecule has 0 bridgehead atoms. The van der Waals surface area contributed by atoms with Crippen LogP contribution in [0.25, 0.3) is 0 Å². The van der Waals surface area contributed by atoms with Gasteiger partial charge in [0.2, 0.25) is 0 Å².